The lowest BCUT2D eigenvalue weighted by Crippen LogP contribution is -2.23. The van der Waals surface area contributed by atoms with Crippen LogP contribution in [0.2, 0.25) is 0 Å². The molecule has 0 fully saturated rings. The maximum atomic E-state index is 5.56. The Morgan fingerprint density at radius 1 is 1.39 bits per heavy atom. The molecule has 3 rings (SSSR count). The second kappa shape index (κ2) is 5.23. The van der Waals surface area contributed by atoms with Crippen molar-refractivity contribution in [2.45, 2.75) is 31.8 Å². The third kappa shape index (κ3) is 2.44. The fourth-order valence-corrected chi connectivity index (χ4v) is 3.06. The minimum Gasteiger partial charge on any atom is -0.469 e. The summed E-state index contributed by atoms with van der Waals surface area (Å²) in [7, 11) is 0. The van der Waals surface area contributed by atoms with Gasteiger partial charge in [0, 0.05) is 18.0 Å². The topological polar surface area (TPSA) is 38.3 Å². The van der Waals surface area contributed by atoms with E-state index in [0.29, 0.717) is 6.04 Å². The van der Waals surface area contributed by atoms with E-state index in [1.54, 1.807) is 6.26 Å². The highest BCUT2D eigenvalue weighted by molar-refractivity contribution is 9.13. The maximum absolute atomic E-state index is 5.56. The molecular weight excluding hydrogens is 362 g/mol. The number of aryl methyl sites for hydroxylation is 1. The molecular formula is C13H13Br2NO2. The molecule has 2 aromatic rings. The number of fused-ring (bicyclic) bond motifs is 1. The Morgan fingerprint density at radius 2 is 2.28 bits per heavy atom. The Labute approximate surface area is 122 Å². The SMILES string of the molecule is Brc1cc(CNC2CCCc3occc32)oc1Br. The summed E-state index contributed by atoms with van der Waals surface area (Å²) in [5.41, 5.74) is 1.30. The highest BCUT2D eigenvalue weighted by Gasteiger charge is 2.22. The van der Waals surface area contributed by atoms with Crippen LogP contribution in [0.3, 0.4) is 0 Å². The van der Waals surface area contributed by atoms with Crippen molar-refractivity contribution in [3.63, 3.8) is 0 Å². The Hall–Kier alpha value is -0.520. The van der Waals surface area contributed by atoms with Gasteiger partial charge in [-0.3, -0.25) is 0 Å². The molecule has 1 N–H and O–H groups in total. The van der Waals surface area contributed by atoms with Crippen LogP contribution in [-0.2, 0) is 13.0 Å². The van der Waals surface area contributed by atoms with E-state index in [1.807, 2.05) is 6.07 Å². The fraction of sp³-hybridized carbons (Fsp3) is 0.385. The standard InChI is InChI=1S/C13H13Br2NO2/c14-10-6-8(18-13(10)15)7-16-11-2-1-3-12-9(11)4-5-17-12/h4-6,11,16H,1-3,7H2. The Bertz CT molecular complexity index is 527. The second-order valence-corrected chi connectivity index (χ2v) is 6.03. The fourth-order valence-electron chi connectivity index (χ4n) is 2.40. The molecule has 3 nitrogen and oxygen atoms in total. The minimum atomic E-state index is 0.371. The Balaban J connectivity index is 1.68. The number of nitrogens with one attached hydrogen (secondary N) is 1. The van der Waals surface area contributed by atoms with E-state index in [4.69, 9.17) is 8.83 Å². The summed E-state index contributed by atoms with van der Waals surface area (Å²) in [6.07, 6.45) is 5.16. The molecule has 1 atom stereocenters. The van der Waals surface area contributed by atoms with Crippen LogP contribution in [0.5, 0.6) is 0 Å². The Kier molecular flexibility index (Phi) is 3.63. The van der Waals surface area contributed by atoms with Crippen molar-refractivity contribution in [1.82, 2.24) is 5.32 Å². The van der Waals surface area contributed by atoms with Gasteiger partial charge in [0.1, 0.15) is 11.5 Å². The first-order valence-electron chi connectivity index (χ1n) is 5.97. The van der Waals surface area contributed by atoms with Crippen LogP contribution in [0.4, 0.5) is 0 Å². The van der Waals surface area contributed by atoms with Crippen LogP contribution < -0.4 is 5.32 Å². The van der Waals surface area contributed by atoms with E-state index in [0.717, 1.165) is 40.0 Å². The van der Waals surface area contributed by atoms with Gasteiger partial charge in [0.2, 0.25) is 0 Å². The highest BCUT2D eigenvalue weighted by Crippen LogP contribution is 2.31. The van der Waals surface area contributed by atoms with Gasteiger partial charge in [-0.2, -0.15) is 0 Å². The number of furan rings is 2. The van der Waals surface area contributed by atoms with Crippen molar-refractivity contribution in [2.75, 3.05) is 0 Å². The van der Waals surface area contributed by atoms with E-state index < -0.39 is 0 Å². The molecule has 96 valence electrons. The van der Waals surface area contributed by atoms with Crippen LogP contribution in [0.25, 0.3) is 0 Å². The van der Waals surface area contributed by atoms with Gasteiger partial charge >= 0.3 is 0 Å². The molecule has 0 radical (unpaired) electrons. The summed E-state index contributed by atoms with van der Waals surface area (Å²) >= 11 is 6.76. The molecule has 0 aromatic carbocycles. The van der Waals surface area contributed by atoms with Gasteiger partial charge in [0.15, 0.2) is 4.67 Å². The van der Waals surface area contributed by atoms with Crippen LogP contribution in [0, 0.1) is 0 Å². The summed E-state index contributed by atoms with van der Waals surface area (Å²) in [6, 6.07) is 4.42. The average molecular weight is 375 g/mol. The number of halogens is 2. The molecule has 0 amide bonds. The predicted octanol–water partition coefficient (Wildman–Crippen LogP) is 4.56. The van der Waals surface area contributed by atoms with Gasteiger partial charge in [-0.15, -0.1) is 0 Å². The van der Waals surface area contributed by atoms with Crippen molar-refractivity contribution >= 4 is 31.9 Å². The van der Waals surface area contributed by atoms with Gasteiger partial charge in [0.25, 0.3) is 0 Å². The summed E-state index contributed by atoms with van der Waals surface area (Å²) < 4.78 is 12.7. The van der Waals surface area contributed by atoms with E-state index in [1.165, 1.54) is 12.0 Å². The van der Waals surface area contributed by atoms with Crippen molar-refractivity contribution in [2.24, 2.45) is 0 Å². The van der Waals surface area contributed by atoms with E-state index in [-0.39, 0.29) is 0 Å². The summed E-state index contributed by atoms with van der Waals surface area (Å²) in [5.74, 6) is 2.05. The molecule has 2 heterocycles. The first-order chi connectivity index (χ1) is 8.74. The quantitative estimate of drug-likeness (QED) is 0.855. The van der Waals surface area contributed by atoms with Crippen LogP contribution >= 0.6 is 31.9 Å². The molecule has 0 saturated heterocycles. The molecule has 1 unspecified atom stereocenters. The van der Waals surface area contributed by atoms with E-state index >= 15 is 0 Å². The lowest BCUT2D eigenvalue weighted by molar-refractivity contribution is 0.388. The van der Waals surface area contributed by atoms with Gasteiger partial charge in [-0.1, -0.05) is 0 Å². The molecule has 0 spiro atoms. The third-order valence-corrected chi connectivity index (χ3v) is 4.98. The molecule has 1 aliphatic carbocycles. The average Bonchev–Trinajstić information content (AvgIpc) is 2.94. The number of hydrogen-bond donors (Lipinski definition) is 1. The molecule has 18 heavy (non-hydrogen) atoms. The lowest BCUT2D eigenvalue weighted by Gasteiger charge is -2.22. The predicted molar refractivity (Wildman–Crippen MR) is 75.3 cm³/mol. The van der Waals surface area contributed by atoms with E-state index in [2.05, 4.69) is 43.2 Å². The van der Waals surface area contributed by atoms with Gasteiger partial charge in [-0.25, -0.2) is 0 Å². The first-order valence-corrected chi connectivity index (χ1v) is 7.56. The van der Waals surface area contributed by atoms with Crippen LogP contribution in [0.1, 0.15) is 36.0 Å². The minimum absolute atomic E-state index is 0.371. The number of hydrogen-bond acceptors (Lipinski definition) is 3. The molecule has 5 heteroatoms. The normalized spacial score (nSPS) is 18.9. The van der Waals surface area contributed by atoms with Crippen molar-refractivity contribution in [3.8, 4) is 0 Å². The zero-order valence-corrected chi connectivity index (χ0v) is 12.9. The monoisotopic (exact) mass is 373 g/mol. The molecule has 0 aliphatic heterocycles. The van der Waals surface area contributed by atoms with Crippen molar-refractivity contribution < 1.29 is 8.83 Å². The van der Waals surface area contributed by atoms with Crippen molar-refractivity contribution in [3.05, 3.63) is 44.6 Å². The number of rotatable bonds is 3. The first kappa shape index (κ1) is 12.5. The lowest BCUT2D eigenvalue weighted by atomic mass is 9.93. The molecule has 2 aromatic heterocycles. The molecule has 0 saturated carbocycles. The smallest absolute Gasteiger partial charge is 0.183 e. The highest BCUT2D eigenvalue weighted by atomic mass is 79.9. The summed E-state index contributed by atoms with van der Waals surface area (Å²) in [6.45, 7) is 0.722. The van der Waals surface area contributed by atoms with E-state index in [9.17, 15) is 0 Å². The Morgan fingerprint density at radius 3 is 3.06 bits per heavy atom. The summed E-state index contributed by atoms with van der Waals surface area (Å²) in [4.78, 5) is 0. The van der Waals surface area contributed by atoms with Crippen LogP contribution in [0.15, 0.2) is 36.4 Å². The summed E-state index contributed by atoms with van der Waals surface area (Å²) in [5, 5.41) is 3.53. The molecule has 0 bridgehead atoms. The zero-order chi connectivity index (χ0) is 12.5. The van der Waals surface area contributed by atoms with Crippen LogP contribution in [-0.4, -0.2) is 0 Å². The largest absolute Gasteiger partial charge is 0.469 e. The van der Waals surface area contributed by atoms with Gasteiger partial charge in [-0.05, 0) is 56.8 Å². The zero-order valence-electron chi connectivity index (χ0n) is 9.71. The maximum Gasteiger partial charge on any atom is 0.183 e. The van der Waals surface area contributed by atoms with Gasteiger partial charge in [0.05, 0.1) is 17.3 Å². The van der Waals surface area contributed by atoms with Gasteiger partial charge < -0.3 is 14.2 Å². The second-order valence-electron chi connectivity index (χ2n) is 4.46. The molecule has 1 aliphatic rings. The van der Waals surface area contributed by atoms with Crippen molar-refractivity contribution in [1.29, 1.82) is 0 Å². The third-order valence-electron chi connectivity index (χ3n) is 3.27.